The van der Waals surface area contributed by atoms with E-state index in [1.165, 1.54) is 24.3 Å². The van der Waals surface area contributed by atoms with Crippen molar-refractivity contribution in [3.05, 3.63) is 59.9 Å². The molecule has 0 unspecified atom stereocenters. The van der Waals surface area contributed by atoms with Gasteiger partial charge in [0.1, 0.15) is 17.5 Å². The van der Waals surface area contributed by atoms with Gasteiger partial charge in [-0.15, -0.1) is 0 Å². The van der Waals surface area contributed by atoms with Crippen LogP contribution in [0.25, 0.3) is 16.7 Å². The van der Waals surface area contributed by atoms with Gasteiger partial charge in [-0.25, -0.2) is 13.8 Å². The molecule has 1 atom stereocenters. The first-order valence-electron chi connectivity index (χ1n) is 6.25. The van der Waals surface area contributed by atoms with Gasteiger partial charge in [-0.2, -0.15) is 0 Å². The zero-order chi connectivity index (χ0) is 14.3. The molecule has 2 N–H and O–H groups in total. The van der Waals surface area contributed by atoms with E-state index < -0.39 is 0 Å². The molecule has 0 aliphatic carbocycles. The molecule has 20 heavy (non-hydrogen) atoms. The predicted octanol–water partition coefficient (Wildman–Crippen LogP) is 3.32. The summed E-state index contributed by atoms with van der Waals surface area (Å²) in [7, 11) is 0. The monoisotopic (exact) mass is 273 g/mol. The second kappa shape index (κ2) is 4.68. The molecule has 1 aromatic heterocycles. The molecule has 1 heterocycles. The summed E-state index contributed by atoms with van der Waals surface area (Å²) >= 11 is 0. The first-order chi connectivity index (χ1) is 9.56. The van der Waals surface area contributed by atoms with Gasteiger partial charge in [0.2, 0.25) is 0 Å². The minimum Gasteiger partial charge on any atom is -0.322 e. The third-order valence-corrected chi connectivity index (χ3v) is 3.12. The van der Waals surface area contributed by atoms with E-state index >= 15 is 0 Å². The van der Waals surface area contributed by atoms with E-state index in [-0.39, 0.29) is 17.7 Å². The third kappa shape index (κ3) is 2.06. The summed E-state index contributed by atoms with van der Waals surface area (Å²) in [5.74, 6) is -0.168. The van der Waals surface area contributed by atoms with Crippen LogP contribution in [0.5, 0.6) is 0 Å². The lowest BCUT2D eigenvalue weighted by Crippen LogP contribution is -2.12. The molecule has 3 rings (SSSR count). The largest absolute Gasteiger partial charge is 0.322 e. The van der Waals surface area contributed by atoms with E-state index in [4.69, 9.17) is 5.73 Å². The van der Waals surface area contributed by atoms with Crippen LogP contribution in [0.15, 0.2) is 42.5 Å². The molecular formula is C15H13F2N3. The van der Waals surface area contributed by atoms with Gasteiger partial charge in [-0.3, -0.25) is 4.57 Å². The van der Waals surface area contributed by atoms with Crippen LogP contribution in [0.4, 0.5) is 8.78 Å². The Hall–Kier alpha value is -2.27. The van der Waals surface area contributed by atoms with E-state index in [0.717, 1.165) is 0 Å². The first kappa shape index (κ1) is 12.7. The summed E-state index contributed by atoms with van der Waals surface area (Å²) in [5.41, 5.74) is 7.70. The number of hydrogen-bond donors (Lipinski definition) is 1. The number of fused-ring (bicyclic) bond motifs is 1. The van der Waals surface area contributed by atoms with Crippen LogP contribution in [0.1, 0.15) is 18.8 Å². The predicted molar refractivity (Wildman–Crippen MR) is 73.6 cm³/mol. The molecule has 5 heteroatoms. The number of aromatic nitrogens is 2. The lowest BCUT2D eigenvalue weighted by atomic mass is 10.2. The van der Waals surface area contributed by atoms with Crippen LogP contribution < -0.4 is 5.73 Å². The molecule has 102 valence electrons. The summed E-state index contributed by atoms with van der Waals surface area (Å²) in [4.78, 5) is 4.41. The molecule has 0 fully saturated rings. The number of nitrogens with zero attached hydrogens (tertiary/aromatic N) is 2. The fourth-order valence-electron chi connectivity index (χ4n) is 2.26. The average molecular weight is 273 g/mol. The van der Waals surface area contributed by atoms with Gasteiger partial charge in [0, 0.05) is 6.07 Å². The Kier molecular flexibility index (Phi) is 2.99. The fraction of sp³-hybridized carbons (Fsp3) is 0.133. The number of hydrogen-bond acceptors (Lipinski definition) is 2. The van der Waals surface area contributed by atoms with E-state index in [1.807, 2.05) is 0 Å². The molecule has 3 nitrogen and oxygen atoms in total. The zero-order valence-electron chi connectivity index (χ0n) is 10.8. The quantitative estimate of drug-likeness (QED) is 0.778. The summed E-state index contributed by atoms with van der Waals surface area (Å²) < 4.78 is 28.6. The van der Waals surface area contributed by atoms with Crippen molar-refractivity contribution < 1.29 is 8.78 Å². The lowest BCUT2D eigenvalue weighted by Gasteiger charge is -2.11. The summed E-state index contributed by atoms with van der Waals surface area (Å²) in [6.45, 7) is 1.79. The number of rotatable bonds is 2. The Bertz CT molecular complexity index is 778. The van der Waals surface area contributed by atoms with E-state index in [0.29, 0.717) is 22.5 Å². The van der Waals surface area contributed by atoms with Gasteiger partial charge in [0.05, 0.1) is 22.8 Å². The maximum atomic E-state index is 13.5. The molecule has 0 saturated heterocycles. The van der Waals surface area contributed by atoms with Gasteiger partial charge < -0.3 is 5.73 Å². The second-order valence-corrected chi connectivity index (χ2v) is 4.71. The third-order valence-electron chi connectivity index (χ3n) is 3.12. The molecule has 0 bridgehead atoms. The maximum Gasteiger partial charge on any atom is 0.131 e. The molecule has 0 saturated carbocycles. The highest BCUT2D eigenvalue weighted by Gasteiger charge is 2.16. The fourth-order valence-corrected chi connectivity index (χ4v) is 2.26. The van der Waals surface area contributed by atoms with Crippen LogP contribution in [-0.2, 0) is 0 Å². The van der Waals surface area contributed by atoms with Crippen LogP contribution in [0.3, 0.4) is 0 Å². The van der Waals surface area contributed by atoms with E-state index in [9.17, 15) is 8.78 Å². The number of imidazole rings is 1. The minimum atomic E-state index is -0.369. The van der Waals surface area contributed by atoms with Gasteiger partial charge in [0.15, 0.2) is 0 Å². The number of halogens is 2. The van der Waals surface area contributed by atoms with Crippen molar-refractivity contribution >= 4 is 11.0 Å². The average Bonchev–Trinajstić information content (AvgIpc) is 2.77. The Balaban J connectivity index is 2.36. The van der Waals surface area contributed by atoms with E-state index in [2.05, 4.69) is 4.98 Å². The zero-order valence-corrected chi connectivity index (χ0v) is 10.8. The molecule has 2 aromatic carbocycles. The van der Waals surface area contributed by atoms with Crippen molar-refractivity contribution in [1.29, 1.82) is 0 Å². The SMILES string of the molecule is C[C@H](N)c1nc2ccc(F)cc2n1-c1cccc(F)c1. The number of nitrogens with two attached hydrogens (primary N) is 1. The topological polar surface area (TPSA) is 43.8 Å². The van der Waals surface area contributed by atoms with Crippen molar-refractivity contribution in [3.8, 4) is 5.69 Å². The molecule has 3 aromatic rings. The van der Waals surface area contributed by atoms with Crippen LogP contribution in [0.2, 0.25) is 0 Å². The van der Waals surface area contributed by atoms with Gasteiger partial charge in [0.25, 0.3) is 0 Å². The molecule has 0 radical (unpaired) electrons. The van der Waals surface area contributed by atoms with Crippen LogP contribution in [0, 0.1) is 11.6 Å². The standard InChI is InChI=1S/C15H13F2N3/c1-9(18)15-19-13-6-5-11(17)8-14(13)20(15)12-4-2-3-10(16)7-12/h2-9H,18H2,1H3/t9-/m0/s1. The van der Waals surface area contributed by atoms with Gasteiger partial charge in [-0.1, -0.05) is 6.07 Å². The smallest absolute Gasteiger partial charge is 0.131 e. The lowest BCUT2D eigenvalue weighted by molar-refractivity contribution is 0.625. The normalized spacial score (nSPS) is 12.8. The molecular weight excluding hydrogens is 260 g/mol. The van der Waals surface area contributed by atoms with Crippen molar-refractivity contribution in [1.82, 2.24) is 9.55 Å². The number of benzene rings is 2. The maximum absolute atomic E-state index is 13.5. The Morgan fingerprint density at radius 3 is 2.55 bits per heavy atom. The van der Waals surface area contributed by atoms with Crippen LogP contribution in [-0.4, -0.2) is 9.55 Å². The molecule has 0 spiro atoms. The van der Waals surface area contributed by atoms with Gasteiger partial charge >= 0.3 is 0 Å². The summed E-state index contributed by atoms with van der Waals surface area (Å²) in [6.07, 6.45) is 0. The summed E-state index contributed by atoms with van der Waals surface area (Å²) in [5, 5.41) is 0. The second-order valence-electron chi connectivity index (χ2n) is 4.71. The Labute approximate surface area is 114 Å². The van der Waals surface area contributed by atoms with E-state index in [1.54, 1.807) is 29.7 Å². The van der Waals surface area contributed by atoms with Crippen LogP contribution >= 0.6 is 0 Å². The van der Waals surface area contributed by atoms with Crippen molar-refractivity contribution in [2.24, 2.45) is 5.73 Å². The molecule has 0 amide bonds. The van der Waals surface area contributed by atoms with Crippen molar-refractivity contribution in [3.63, 3.8) is 0 Å². The molecule has 0 aliphatic heterocycles. The Morgan fingerprint density at radius 1 is 1.10 bits per heavy atom. The van der Waals surface area contributed by atoms with Crippen molar-refractivity contribution in [2.75, 3.05) is 0 Å². The summed E-state index contributed by atoms with van der Waals surface area (Å²) in [6, 6.07) is 10.0. The Morgan fingerprint density at radius 2 is 1.85 bits per heavy atom. The highest BCUT2D eigenvalue weighted by molar-refractivity contribution is 5.78. The minimum absolute atomic E-state index is 0.353. The van der Waals surface area contributed by atoms with Crippen molar-refractivity contribution in [2.45, 2.75) is 13.0 Å². The first-order valence-corrected chi connectivity index (χ1v) is 6.25. The highest BCUT2D eigenvalue weighted by atomic mass is 19.1. The van der Waals surface area contributed by atoms with Gasteiger partial charge in [-0.05, 0) is 37.3 Å². The highest BCUT2D eigenvalue weighted by Crippen LogP contribution is 2.25. The molecule has 0 aliphatic rings.